The first-order valence-electron chi connectivity index (χ1n) is 6.49. The first kappa shape index (κ1) is 12.7. The maximum Gasteiger partial charge on any atom is 0.253 e. The molecule has 0 radical (unpaired) electrons. The molecule has 1 aromatic heterocycles. The highest BCUT2D eigenvalue weighted by Gasteiger charge is 2.23. The van der Waals surface area contributed by atoms with Crippen LogP contribution in [0.15, 0.2) is 24.3 Å². The molecule has 7 nitrogen and oxygen atoms in total. The standard InChI is InChI=1S/C13H15N5O2/c1-18-12(15-16-17-18)9-4-2-5-10(8-9)14-13(19)11-6-3-7-20-11/h2,4-5,8,11H,3,6-7H2,1H3,(H,14,19)/t11-/m0/s1. The number of aromatic nitrogens is 4. The van der Waals surface area contributed by atoms with Gasteiger partial charge in [-0.05, 0) is 35.4 Å². The van der Waals surface area contributed by atoms with Crippen LogP contribution in [0, 0.1) is 0 Å². The van der Waals surface area contributed by atoms with E-state index in [0.717, 1.165) is 18.4 Å². The van der Waals surface area contributed by atoms with Crippen LogP contribution in [0.1, 0.15) is 12.8 Å². The lowest BCUT2D eigenvalue weighted by Crippen LogP contribution is -2.26. The molecule has 0 saturated carbocycles. The Morgan fingerprint density at radius 1 is 1.50 bits per heavy atom. The quantitative estimate of drug-likeness (QED) is 0.902. The van der Waals surface area contributed by atoms with Crippen molar-refractivity contribution >= 4 is 11.6 Å². The van der Waals surface area contributed by atoms with Gasteiger partial charge in [0.05, 0.1) is 0 Å². The number of nitrogens with zero attached hydrogens (tertiary/aromatic N) is 4. The number of hydrogen-bond acceptors (Lipinski definition) is 5. The van der Waals surface area contributed by atoms with E-state index in [1.54, 1.807) is 11.7 Å². The summed E-state index contributed by atoms with van der Waals surface area (Å²) < 4.78 is 6.94. The van der Waals surface area contributed by atoms with E-state index < -0.39 is 0 Å². The summed E-state index contributed by atoms with van der Waals surface area (Å²) in [5.74, 6) is 0.550. The average molecular weight is 273 g/mol. The van der Waals surface area contributed by atoms with Crippen molar-refractivity contribution < 1.29 is 9.53 Å². The van der Waals surface area contributed by atoms with Gasteiger partial charge in [0.1, 0.15) is 6.10 Å². The fraction of sp³-hybridized carbons (Fsp3) is 0.385. The smallest absolute Gasteiger partial charge is 0.253 e. The lowest BCUT2D eigenvalue weighted by Gasteiger charge is -2.11. The summed E-state index contributed by atoms with van der Waals surface area (Å²) in [4.78, 5) is 12.0. The number of anilines is 1. The largest absolute Gasteiger partial charge is 0.368 e. The van der Waals surface area contributed by atoms with Crippen molar-refractivity contribution in [2.45, 2.75) is 18.9 Å². The normalized spacial score (nSPS) is 18.1. The molecule has 1 aliphatic rings. The Morgan fingerprint density at radius 2 is 2.40 bits per heavy atom. The van der Waals surface area contributed by atoms with Gasteiger partial charge in [-0.2, -0.15) is 0 Å². The third-order valence-corrected chi connectivity index (χ3v) is 3.23. The van der Waals surface area contributed by atoms with Crippen LogP contribution in [0.25, 0.3) is 11.4 Å². The number of hydrogen-bond donors (Lipinski definition) is 1. The fourth-order valence-electron chi connectivity index (χ4n) is 2.22. The van der Waals surface area contributed by atoms with Gasteiger partial charge < -0.3 is 10.1 Å². The molecular formula is C13H15N5O2. The molecule has 1 amide bonds. The monoisotopic (exact) mass is 273 g/mol. The zero-order valence-electron chi connectivity index (χ0n) is 11.1. The lowest BCUT2D eigenvalue weighted by molar-refractivity contribution is -0.124. The van der Waals surface area contributed by atoms with Crippen molar-refractivity contribution in [1.82, 2.24) is 20.2 Å². The first-order valence-corrected chi connectivity index (χ1v) is 6.49. The molecule has 0 spiro atoms. The molecule has 1 aromatic carbocycles. The SMILES string of the molecule is Cn1nnnc1-c1cccc(NC(=O)[C@@H]2CCCO2)c1. The summed E-state index contributed by atoms with van der Waals surface area (Å²) in [6, 6.07) is 7.43. The summed E-state index contributed by atoms with van der Waals surface area (Å²) in [5.41, 5.74) is 1.56. The van der Waals surface area contributed by atoms with Crippen LogP contribution in [-0.4, -0.2) is 38.8 Å². The molecule has 0 aliphatic carbocycles. The molecule has 1 saturated heterocycles. The maximum absolute atomic E-state index is 12.0. The molecule has 20 heavy (non-hydrogen) atoms. The van der Waals surface area contributed by atoms with Crippen molar-refractivity contribution in [3.8, 4) is 11.4 Å². The van der Waals surface area contributed by atoms with Crippen LogP contribution in [-0.2, 0) is 16.6 Å². The topological polar surface area (TPSA) is 81.9 Å². The predicted octanol–water partition coefficient (Wildman–Crippen LogP) is 0.995. The molecule has 3 rings (SSSR count). The maximum atomic E-state index is 12.0. The third-order valence-electron chi connectivity index (χ3n) is 3.23. The van der Waals surface area contributed by atoms with E-state index in [0.29, 0.717) is 18.1 Å². The molecular weight excluding hydrogens is 258 g/mol. The van der Waals surface area contributed by atoms with Gasteiger partial charge in [-0.15, -0.1) is 5.10 Å². The number of carbonyl (C=O) groups excluding carboxylic acids is 1. The molecule has 104 valence electrons. The van der Waals surface area contributed by atoms with Crippen molar-refractivity contribution in [2.75, 3.05) is 11.9 Å². The van der Waals surface area contributed by atoms with Gasteiger partial charge >= 0.3 is 0 Å². The predicted molar refractivity (Wildman–Crippen MR) is 71.8 cm³/mol. The molecule has 2 heterocycles. The Balaban J connectivity index is 1.78. The summed E-state index contributed by atoms with van der Waals surface area (Å²) in [6.45, 7) is 0.655. The van der Waals surface area contributed by atoms with Gasteiger partial charge in [-0.25, -0.2) is 4.68 Å². The number of rotatable bonds is 3. The van der Waals surface area contributed by atoms with Crippen molar-refractivity contribution in [1.29, 1.82) is 0 Å². The highest BCUT2D eigenvalue weighted by Crippen LogP contribution is 2.21. The van der Waals surface area contributed by atoms with E-state index in [1.807, 2.05) is 24.3 Å². The minimum absolute atomic E-state index is 0.101. The van der Waals surface area contributed by atoms with Gasteiger partial charge in [0.2, 0.25) is 0 Å². The molecule has 1 N–H and O–H groups in total. The van der Waals surface area contributed by atoms with E-state index >= 15 is 0 Å². The van der Waals surface area contributed by atoms with Crippen molar-refractivity contribution in [3.63, 3.8) is 0 Å². The zero-order valence-corrected chi connectivity index (χ0v) is 11.1. The summed E-state index contributed by atoms with van der Waals surface area (Å²) in [6.07, 6.45) is 1.37. The van der Waals surface area contributed by atoms with Crippen molar-refractivity contribution in [2.24, 2.45) is 7.05 Å². The highest BCUT2D eigenvalue weighted by molar-refractivity contribution is 5.94. The van der Waals surface area contributed by atoms with Crippen LogP contribution >= 0.6 is 0 Å². The second-order valence-electron chi connectivity index (χ2n) is 4.70. The molecule has 0 unspecified atom stereocenters. The average Bonchev–Trinajstić information content (AvgIpc) is 3.10. The lowest BCUT2D eigenvalue weighted by atomic mass is 10.1. The second kappa shape index (κ2) is 5.38. The number of amides is 1. The van der Waals surface area contributed by atoms with Crippen LogP contribution in [0.4, 0.5) is 5.69 Å². The molecule has 2 aromatic rings. The summed E-state index contributed by atoms with van der Waals surface area (Å²) >= 11 is 0. The summed E-state index contributed by atoms with van der Waals surface area (Å²) in [5, 5.41) is 14.2. The Bertz CT molecular complexity index is 619. The molecule has 1 atom stereocenters. The van der Waals surface area contributed by atoms with Gasteiger partial charge in [0.25, 0.3) is 5.91 Å². The van der Waals surface area contributed by atoms with E-state index in [2.05, 4.69) is 20.8 Å². The Labute approximate surface area is 115 Å². The molecule has 1 aliphatic heterocycles. The van der Waals surface area contributed by atoms with E-state index in [4.69, 9.17) is 4.74 Å². The Kier molecular flexibility index (Phi) is 3.42. The van der Waals surface area contributed by atoms with Crippen LogP contribution in [0.5, 0.6) is 0 Å². The minimum Gasteiger partial charge on any atom is -0.368 e. The number of ether oxygens (including phenoxy) is 1. The highest BCUT2D eigenvalue weighted by atomic mass is 16.5. The number of benzene rings is 1. The minimum atomic E-state index is -0.338. The van der Waals surface area contributed by atoms with Crippen LogP contribution < -0.4 is 5.32 Å². The van der Waals surface area contributed by atoms with Gasteiger partial charge in [0, 0.05) is 24.9 Å². The van der Waals surface area contributed by atoms with E-state index in [1.165, 1.54) is 0 Å². The first-order chi connectivity index (χ1) is 9.74. The molecule has 7 heteroatoms. The molecule has 0 bridgehead atoms. The van der Waals surface area contributed by atoms with E-state index in [-0.39, 0.29) is 12.0 Å². The van der Waals surface area contributed by atoms with Crippen molar-refractivity contribution in [3.05, 3.63) is 24.3 Å². The van der Waals surface area contributed by atoms with Gasteiger partial charge in [-0.3, -0.25) is 4.79 Å². The number of aryl methyl sites for hydroxylation is 1. The summed E-state index contributed by atoms with van der Waals surface area (Å²) in [7, 11) is 1.77. The van der Waals surface area contributed by atoms with Gasteiger partial charge in [0.15, 0.2) is 5.82 Å². The zero-order chi connectivity index (χ0) is 13.9. The van der Waals surface area contributed by atoms with E-state index in [9.17, 15) is 4.79 Å². The molecule has 1 fully saturated rings. The second-order valence-corrected chi connectivity index (χ2v) is 4.70. The number of carbonyl (C=O) groups is 1. The Hall–Kier alpha value is -2.28. The third kappa shape index (κ3) is 2.53. The Morgan fingerprint density at radius 3 is 3.10 bits per heavy atom. The number of tetrazole rings is 1. The number of nitrogens with one attached hydrogen (secondary N) is 1. The van der Waals surface area contributed by atoms with Crippen LogP contribution in [0.2, 0.25) is 0 Å². The van der Waals surface area contributed by atoms with Crippen LogP contribution in [0.3, 0.4) is 0 Å². The van der Waals surface area contributed by atoms with Gasteiger partial charge in [-0.1, -0.05) is 12.1 Å². The fourth-order valence-corrected chi connectivity index (χ4v) is 2.22.